The van der Waals surface area contributed by atoms with E-state index in [0.29, 0.717) is 28.9 Å². The number of carbonyl (C=O) groups is 2. The summed E-state index contributed by atoms with van der Waals surface area (Å²) in [5.74, 6) is -1.05. The number of benzene rings is 3. The van der Waals surface area contributed by atoms with Crippen molar-refractivity contribution in [1.82, 2.24) is 15.0 Å². The van der Waals surface area contributed by atoms with Crippen LogP contribution in [0.15, 0.2) is 102 Å². The molecule has 0 spiro atoms. The fourth-order valence-electron chi connectivity index (χ4n) is 4.04. The number of ether oxygens (including phenoxy) is 1. The molecule has 206 valence electrons. The number of carbonyl (C=O) groups excluding carboxylic acids is 1. The first kappa shape index (κ1) is 28.3. The first-order valence-corrected chi connectivity index (χ1v) is 13.7. The van der Waals surface area contributed by atoms with Gasteiger partial charge in [-0.1, -0.05) is 54.6 Å². The van der Waals surface area contributed by atoms with Crippen LogP contribution >= 0.6 is 0 Å². The zero-order chi connectivity index (χ0) is 28.5. The summed E-state index contributed by atoms with van der Waals surface area (Å²) >= 11 is 0. The van der Waals surface area contributed by atoms with Crippen molar-refractivity contribution in [3.8, 4) is 16.9 Å². The van der Waals surface area contributed by atoms with E-state index in [0.717, 1.165) is 5.56 Å². The number of amides is 2. The van der Waals surface area contributed by atoms with Gasteiger partial charge in [0, 0.05) is 24.6 Å². The molecule has 0 unspecified atom stereocenters. The normalized spacial score (nSPS) is 11.8. The van der Waals surface area contributed by atoms with Crippen molar-refractivity contribution >= 4 is 27.7 Å². The van der Waals surface area contributed by atoms with Crippen LogP contribution in [0.5, 0.6) is 5.75 Å². The van der Waals surface area contributed by atoms with Gasteiger partial charge >= 0.3 is 12.0 Å². The standard InChI is InChI=1S/C29H28N4O6S/c1-39-26-13-12-23(16-27(26)40(37,38)33-25(17-28(34)35)21-8-3-2-4-9-21)22-10-5-11-24(15-22)32-29(36)31-19-20-7-6-14-30-18-20/h2-16,18,25,33H,17,19H2,1H3,(H,34,35)(H2,31,32,36)/t25-/m1/s1. The van der Waals surface area contributed by atoms with E-state index in [1.165, 1.54) is 19.2 Å². The van der Waals surface area contributed by atoms with E-state index in [1.54, 1.807) is 79.1 Å². The van der Waals surface area contributed by atoms with Gasteiger partial charge in [-0.05, 0) is 52.6 Å². The summed E-state index contributed by atoms with van der Waals surface area (Å²) in [6.07, 6.45) is 2.87. The number of aromatic nitrogens is 1. The van der Waals surface area contributed by atoms with Crippen LogP contribution in [0.25, 0.3) is 11.1 Å². The molecule has 0 fully saturated rings. The molecule has 1 heterocycles. The minimum Gasteiger partial charge on any atom is -0.495 e. The first-order valence-electron chi connectivity index (χ1n) is 12.3. The number of aliphatic carboxylic acids is 1. The van der Waals surface area contributed by atoms with E-state index in [1.807, 2.05) is 6.07 Å². The number of carboxylic acids is 1. The Kier molecular flexibility index (Phi) is 9.10. The zero-order valence-corrected chi connectivity index (χ0v) is 22.4. The SMILES string of the molecule is COc1ccc(-c2cccc(NC(=O)NCc3cccnc3)c2)cc1S(=O)(=O)N[C@H](CC(=O)O)c1ccccc1. The first-order chi connectivity index (χ1) is 19.2. The van der Waals surface area contributed by atoms with Crippen molar-refractivity contribution in [3.63, 3.8) is 0 Å². The molecule has 1 aromatic heterocycles. The molecule has 0 aliphatic heterocycles. The predicted molar refractivity (Wildman–Crippen MR) is 150 cm³/mol. The van der Waals surface area contributed by atoms with Gasteiger partial charge in [0.15, 0.2) is 0 Å². The summed E-state index contributed by atoms with van der Waals surface area (Å²) < 4.78 is 34.9. The van der Waals surface area contributed by atoms with Crippen molar-refractivity contribution in [2.75, 3.05) is 12.4 Å². The number of sulfonamides is 1. The predicted octanol–water partition coefficient (Wildman–Crippen LogP) is 4.57. The molecule has 11 heteroatoms. The third-order valence-electron chi connectivity index (χ3n) is 5.96. The number of anilines is 1. The lowest BCUT2D eigenvalue weighted by molar-refractivity contribution is -0.137. The van der Waals surface area contributed by atoms with Gasteiger partial charge in [-0.2, -0.15) is 0 Å². The summed E-state index contributed by atoms with van der Waals surface area (Å²) in [6.45, 7) is 0.303. The highest BCUT2D eigenvalue weighted by Gasteiger charge is 2.27. The van der Waals surface area contributed by atoms with Crippen LogP contribution in [0.3, 0.4) is 0 Å². The Morgan fingerprint density at radius 3 is 2.42 bits per heavy atom. The number of hydrogen-bond donors (Lipinski definition) is 4. The summed E-state index contributed by atoms with van der Waals surface area (Å²) in [6, 6.07) is 22.4. The van der Waals surface area contributed by atoms with Crippen molar-refractivity contribution in [2.45, 2.75) is 23.9 Å². The Morgan fingerprint density at radius 2 is 1.73 bits per heavy atom. The van der Waals surface area contributed by atoms with Crippen molar-refractivity contribution in [2.24, 2.45) is 0 Å². The number of carboxylic acid groups (broad SMARTS) is 1. The van der Waals surface area contributed by atoms with Gasteiger partial charge in [0.1, 0.15) is 10.6 Å². The highest BCUT2D eigenvalue weighted by Crippen LogP contribution is 2.32. The maximum Gasteiger partial charge on any atom is 0.319 e. The van der Waals surface area contributed by atoms with Crippen LogP contribution < -0.4 is 20.1 Å². The van der Waals surface area contributed by atoms with E-state index < -0.39 is 34.5 Å². The summed E-state index contributed by atoms with van der Waals surface area (Å²) in [4.78, 5) is 27.8. The van der Waals surface area contributed by atoms with Crippen molar-refractivity contribution in [3.05, 3.63) is 108 Å². The number of nitrogens with one attached hydrogen (secondary N) is 3. The molecule has 2 amide bonds. The number of nitrogens with zero attached hydrogens (tertiary/aromatic N) is 1. The van der Waals surface area contributed by atoms with E-state index in [-0.39, 0.29) is 10.6 Å². The number of methoxy groups -OCH3 is 1. The fourth-order valence-corrected chi connectivity index (χ4v) is 5.46. The maximum atomic E-state index is 13.5. The lowest BCUT2D eigenvalue weighted by Gasteiger charge is -2.19. The summed E-state index contributed by atoms with van der Waals surface area (Å²) in [5, 5.41) is 14.9. The Balaban J connectivity index is 1.57. The van der Waals surface area contributed by atoms with Gasteiger partial charge in [-0.15, -0.1) is 0 Å². The molecule has 0 bridgehead atoms. The number of rotatable bonds is 11. The van der Waals surface area contributed by atoms with Crippen molar-refractivity contribution < 1.29 is 27.9 Å². The Morgan fingerprint density at radius 1 is 0.950 bits per heavy atom. The van der Waals surface area contributed by atoms with Gasteiger partial charge in [-0.3, -0.25) is 9.78 Å². The second-order valence-electron chi connectivity index (χ2n) is 8.80. The third-order valence-corrected chi connectivity index (χ3v) is 7.45. The van der Waals surface area contributed by atoms with Crippen LogP contribution in [0.1, 0.15) is 23.6 Å². The van der Waals surface area contributed by atoms with Gasteiger partial charge < -0.3 is 20.5 Å². The largest absolute Gasteiger partial charge is 0.495 e. The van der Waals surface area contributed by atoms with Crippen LogP contribution in [0.2, 0.25) is 0 Å². The molecule has 10 nitrogen and oxygen atoms in total. The molecule has 40 heavy (non-hydrogen) atoms. The minimum absolute atomic E-state index is 0.0995. The average Bonchev–Trinajstić information content (AvgIpc) is 2.96. The lowest BCUT2D eigenvalue weighted by Crippen LogP contribution is -2.30. The van der Waals surface area contributed by atoms with Crippen LogP contribution in [0.4, 0.5) is 10.5 Å². The highest BCUT2D eigenvalue weighted by atomic mass is 32.2. The molecule has 4 N–H and O–H groups in total. The van der Waals surface area contributed by atoms with Gasteiger partial charge in [-0.25, -0.2) is 17.9 Å². The van der Waals surface area contributed by atoms with E-state index in [9.17, 15) is 23.1 Å². The fraction of sp³-hybridized carbons (Fsp3) is 0.138. The molecule has 0 aliphatic rings. The molecular weight excluding hydrogens is 532 g/mol. The van der Waals surface area contributed by atoms with E-state index >= 15 is 0 Å². The molecule has 4 rings (SSSR count). The van der Waals surface area contributed by atoms with Crippen LogP contribution in [-0.4, -0.2) is 37.6 Å². The van der Waals surface area contributed by atoms with E-state index in [2.05, 4.69) is 20.3 Å². The third kappa shape index (κ3) is 7.43. The molecule has 1 atom stereocenters. The van der Waals surface area contributed by atoms with Crippen LogP contribution in [-0.2, 0) is 21.4 Å². The number of hydrogen-bond acceptors (Lipinski definition) is 6. The highest BCUT2D eigenvalue weighted by molar-refractivity contribution is 7.89. The second kappa shape index (κ2) is 12.9. The molecule has 3 aromatic carbocycles. The lowest BCUT2D eigenvalue weighted by atomic mass is 10.0. The molecule has 0 aliphatic carbocycles. The summed E-state index contributed by atoms with van der Waals surface area (Å²) in [7, 11) is -2.86. The Bertz CT molecular complexity index is 1580. The molecule has 0 radical (unpaired) electrons. The Labute approximate surface area is 232 Å². The van der Waals surface area contributed by atoms with Crippen LogP contribution in [0, 0.1) is 0 Å². The van der Waals surface area contributed by atoms with Crippen molar-refractivity contribution in [1.29, 1.82) is 0 Å². The van der Waals surface area contributed by atoms with Gasteiger partial charge in [0.2, 0.25) is 10.0 Å². The minimum atomic E-state index is -4.21. The number of urea groups is 1. The van der Waals surface area contributed by atoms with E-state index in [4.69, 9.17) is 4.74 Å². The second-order valence-corrected chi connectivity index (χ2v) is 10.5. The zero-order valence-electron chi connectivity index (χ0n) is 21.6. The van der Waals surface area contributed by atoms with Gasteiger partial charge in [0.05, 0.1) is 19.6 Å². The topological polar surface area (TPSA) is 147 Å². The monoisotopic (exact) mass is 560 g/mol. The average molecular weight is 561 g/mol. The number of pyridine rings is 1. The van der Waals surface area contributed by atoms with Gasteiger partial charge in [0.25, 0.3) is 0 Å². The smallest absolute Gasteiger partial charge is 0.319 e. The molecule has 0 saturated carbocycles. The summed E-state index contributed by atoms with van der Waals surface area (Å²) in [5.41, 5.74) is 3.07. The quantitative estimate of drug-likeness (QED) is 0.210. The Hall–Kier alpha value is -4.74. The molecular formula is C29H28N4O6S. The molecule has 0 saturated heterocycles. The molecule has 4 aromatic rings. The maximum absolute atomic E-state index is 13.5.